The molecule has 0 spiro atoms. The van der Waals surface area contributed by atoms with E-state index in [1.807, 2.05) is 31.2 Å². The Morgan fingerprint density at radius 2 is 2.22 bits per heavy atom. The van der Waals surface area contributed by atoms with Gasteiger partial charge in [0.1, 0.15) is 4.88 Å². The molecule has 0 saturated heterocycles. The monoisotopic (exact) mass is 263 g/mol. The molecule has 1 heterocycles. The molecule has 0 saturated carbocycles. The summed E-state index contributed by atoms with van der Waals surface area (Å²) < 4.78 is 4.95. The Balaban J connectivity index is 2.51. The second-order valence-electron chi connectivity index (χ2n) is 3.81. The number of hydrogen-bond acceptors (Lipinski definition) is 4. The van der Waals surface area contributed by atoms with E-state index in [9.17, 15) is 9.59 Å². The lowest BCUT2D eigenvalue weighted by atomic mass is 10.1. The number of nitrogens with one attached hydrogen (secondary N) is 1. The van der Waals surface area contributed by atoms with Gasteiger partial charge in [-0.05, 0) is 19.9 Å². The van der Waals surface area contributed by atoms with Gasteiger partial charge >= 0.3 is 10.8 Å². The number of hydrogen-bond donors (Lipinski definition) is 1. The van der Waals surface area contributed by atoms with Gasteiger partial charge in [-0.2, -0.15) is 0 Å². The largest absolute Gasteiger partial charge is 0.462 e. The van der Waals surface area contributed by atoms with E-state index in [0.29, 0.717) is 10.6 Å². The third kappa shape index (κ3) is 2.51. The van der Waals surface area contributed by atoms with Crippen molar-refractivity contribution in [3.63, 3.8) is 0 Å². The summed E-state index contributed by atoms with van der Waals surface area (Å²) in [5.41, 5.74) is 2.41. The van der Waals surface area contributed by atoms with Crippen LogP contribution in [-0.2, 0) is 4.74 Å². The van der Waals surface area contributed by atoms with Gasteiger partial charge in [0.05, 0.1) is 12.3 Å². The predicted molar refractivity (Wildman–Crippen MR) is 71.1 cm³/mol. The van der Waals surface area contributed by atoms with Crippen LogP contribution < -0.4 is 4.87 Å². The van der Waals surface area contributed by atoms with Crippen molar-refractivity contribution in [1.29, 1.82) is 0 Å². The first-order valence-electron chi connectivity index (χ1n) is 5.59. The first-order valence-corrected chi connectivity index (χ1v) is 6.40. The van der Waals surface area contributed by atoms with Crippen LogP contribution in [0.3, 0.4) is 0 Å². The molecule has 0 aliphatic carbocycles. The highest BCUT2D eigenvalue weighted by molar-refractivity contribution is 7.11. The Labute approximate surface area is 108 Å². The summed E-state index contributed by atoms with van der Waals surface area (Å²) in [6.45, 7) is 3.98. The van der Waals surface area contributed by atoms with Crippen LogP contribution in [0.2, 0.25) is 0 Å². The molecule has 0 atom stereocenters. The minimum atomic E-state index is -0.461. The topological polar surface area (TPSA) is 59.2 Å². The highest BCUT2D eigenvalue weighted by atomic mass is 32.1. The standard InChI is InChI=1S/C13H13NO3S/c1-3-17-12(15)11-10(14-13(16)18-11)9-6-4-5-8(2)7-9/h4-7H,3H2,1-2H3,(H,14,16). The summed E-state index contributed by atoms with van der Waals surface area (Å²) in [6.07, 6.45) is 0. The van der Waals surface area contributed by atoms with Crippen molar-refractivity contribution < 1.29 is 9.53 Å². The van der Waals surface area contributed by atoms with E-state index in [4.69, 9.17) is 4.74 Å². The lowest BCUT2D eigenvalue weighted by Crippen LogP contribution is -2.03. The Bertz CT molecular complexity index is 627. The molecule has 1 aromatic heterocycles. The summed E-state index contributed by atoms with van der Waals surface area (Å²) in [4.78, 5) is 26.0. The molecule has 0 aliphatic heterocycles. The third-order valence-corrected chi connectivity index (χ3v) is 3.28. The Hall–Kier alpha value is -1.88. The van der Waals surface area contributed by atoms with Crippen molar-refractivity contribution in [1.82, 2.24) is 4.98 Å². The van der Waals surface area contributed by atoms with Crippen LogP contribution in [0.25, 0.3) is 11.3 Å². The molecule has 0 aliphatic rings. The van der Waals surface area contributed by atoms with Crippen molar-refractivity contribution in [2.75, 3.05) is 6.61 Å². The maximum atomic E-state index is 11.8. The Morgan fingerprint density at radius 3 is 2.89 bits per heavy atom. The molecule has 94 valence electrons. The fraction of sp³-hybridized carbons (Fsp3) is 0.231. The quantitative estimate of drug-likeness (QED) is 0.866. The van der Waals surface area contributed by atoms with Crippen LogP contribution in [0.5, 0.6) is 0 Å². The summed E-state index contributed by atoms with van der Waals surface area (Å²) in [5, 5.41) is 0. The molecule has 4 nitrogen and oxygen atoms in total. The fourth-order valence-electron chi connectivity index (χ4n) is 1.67. The van der Waals surface area contributed by atoms with Crippen molar-refractivity contribution in [3.05, 3.63) is 44.4 Å². The van der Waals surface area contributed by atoms with Crippen molar-refractivity contribution in [2.45, 2.75) is 13.8 Å². The number of ether oxygens (including phenoxy) is 1. The van der Waals surface area contributed by atoms with Crippen LogP contribution in [0.4, 0.5) is 0 Å². The zero-order chi connectivity index (χ0) is 13.1. The van der Waals surface area contributed by atoms with Crippen molar-refractivity contribution >= 4 is 17.3 Å². The van der Waals surface area contributed by atoms with E-state index >= 15 is 0 Å². The summed E-state index contributed by atoms with van der Waals surface area (Å²) in [6, 6.07) is 7.61. The lowest BCUT2D eigenvalue weighted by molar-refractivity contribution is 0.0532. The van der Waals surface area contributed by atoms with Gasteiger partial charge in [-0.3, -0.25) is 4.79 Å². The van der Waals surface area contributed by atoms with Gasteiger partial charge in [0.2, 0.25) is 0 Å². The van der Waals surface area contributed by atoms with Crippen LogP contribution >= 0.6 is 11.3 Å². The van der Waals surface area contributed by atoms with Crippen molar-refractivity contribution in [3.8, 4) is 11.3 Å². The second-order valence-corrected chi connectivity index (χ2v) is 4.79. The molecular formula is C13H13NO3S. The van der Waals surface area contributed by atoms with Crippen LogP contribution in [0, 0.1) is 6.92 Å². The highest BCUT2D eigenvalue weighted by Gasteiger charge is 2.18. The Morgan fingerprint density at radius 1 is 1.44 bits per heavy atom. The van der Waals surface area contributed by atoms with E-state index < -0.39 is 5.97 Å². The Kier molecular flexibility index (Phi) is 3.62. The maximum absolute atomic E-state index is 11.8. The van der Waals surface area contributed by atoms with Crippen LogP contribution in [0.1, 0.15) is 22.2 Å². The molecule has 0 bridgehead atoms. The zero-order valence-corrected chi connectivity index (χ0v) is 11.0. The highest BCUT2D eigenvalue weighted by Crippen LogP contribution is 2.24. The van der Waals surface area contributed by atoms with E-state index in [1.165, 1.54) is 0 Å². The van der Waals surface area contributed by atoms with Gasteiger partial charge in [-0.25, -0.2) is 4.79 Å². The van der Waals surface area contributed by atoms with Gasteiger partial charge in [-0.15, -0.1) is 0 Å². The second kappa shape index (κ2) is 5.18. The first kappa shape index (κ1) is 12.6. The van der Waals surface area contributed by atoms with Crippen LogP contribution in [-0.4, -0.2) is 17.6 Å². The average molecular weight is 263 g/mol. The van der Waals surface area contributed by atoms with Gasteiger partial charge in [-0.1, -0.05) is 35.1 Å². The fourth-order valence-corrected chi connectivity index (χ4v) is 2.42. The van der Waals surface area contributed by atoms with Gasteiger partial charge in [0.15, 0.2) is 0 Å². The molecule has 18 heavy (non-hydrogen) atoms. The third-order valence-electron chi connectivity index (χ3n) is 2.42. The number of carbonyl (C=O) groups is 1. The van der Waals surface area contributed by atoms with Gasteiger partial charge in [0.25, 0.3) is 0 Å². The first-order chi connectivity index (χ1) is 8.61. The van der Waals surface area contributed by atoms with Crippen molar-refractivity contribution in [2.24, 2.45) is 0 Å². The molecule has 0 unspecified atom stereocenters. The predicted octanol–water partition coefficient (Wildman–Crippen LogP) is 2.59. The SMILES string of the molecule is CCOC(=O)c1sc(=O)[nH]c1-c1cccc(C)c1. The van der Waals surface area contributed by atoms with E-state index in [-0.39, 0.29) is 11.5 Å². The number of esters is 1. The molecule has 0 radical (unpaired) electrons. The normalized spacial score (nSPS) is 10.3. The number of rotatable bonds is 3. The zero-order valence-electron chi connectivity index (χ0n) is 10.1. The summed E-state index contributed by atoms with van der Waals surface area (Å²) >= 11 is 0.877. The average Bonchev–Trinajstić information content (AvgIpc) is 2.72. The van der Waals surface area contributed by atoms with E-state index in [0.717, 1.165) is 22.5 Å². The molecule has 1 aromatic carbocycles. The number of aryl methyl sites for hydroxylation is 1. The molecule has 0 fully saturated rings. The molecule has 5 heteroatoms. The number of thiazole rings is 1. The number of carbonyl (C=O) groups excluding carboxylic acids is 1. The van der Waals surface area contributed by atoms with E-state index in [1.54, 1.807) is 6.92 Å². The lowest BCUT2D eigenvalue weighted by Gasteiger charge is -2.03. The van der Waals surface area contributed by atoms with Crippen LogP contribution in [0.15, 0.2) is 29.1 Å². The molecular weight excluding hydrogens is 250 g/mol. The summed E-state index contributed by atoms with van der Waals surface area (Å²) in [7, 11) is 0. The van der Waals surface area contributed by atoms with E-state index in [2.05, 4.69) is 4.98 Å². The van der Waals surface area contributed by atoms with Gasteiger partial charge in [0, 0.05) is 5.56 Å². The number of benzene rings is 1. The minimum absolute atomic E-state index is 0.255. The molecule has 0 amide bonds. The van der Waals surface area contributed by atoms with Gasteiger partial charge < -0.3 is 9.72 Å². The summed E-state index contributed by atoms with van der Waals surface area (Å²) in [5.74, 6) is -0.461. The maximum Gasteiger partial charge on any atom is 0.350 e. The number of aromatic amines is 1. The number of H-pyrrole nitrogens is 1. The number of aromatic nitrogens is 1. The molecule has 1 N–H and O–H groups in total. The molecule has 2 aromatic rings. The molecule has 2 rings (SSSR count). The smallest absolute Gasteiger partial charge is 0.350 e. The minimum Gasteiger partial charge on any atom is -0.462 e.